The molecular formula is C19H25N8O12P. The Kier molecular flexibility index (Phi) is 7.48. The lowest BCUT2D eigenvalue weighted by Gasteiger charge is -2.20. The van der Waals surface area contributed by atoms with Gasteiger partial charge in [-0.2, -0.15) is 9.97 Å². The number of aliphatic hydroxyl groups is 4. The number of nitrogens with two attached hydrogens (primary N) is 2. The van der Waals surface area contributed by atoms with E-state index in [1.165, 1.54) is 12.3 Å². The van der Waals surface area contributed by atoms with Crippen molar-refractivity contribution in [3.05, 3.63) is 39.4 Å². The standard InChI is InChI=1S/C19H25N8O12P/c20-8-1-2-26(19(33)23-8)16-12(30)10(28)6(38-16)3-36-40(34,35)37-4-7-11(29)13(31)17(39-7)27-5-22-9-14(27)24-18(21)25-15(9)32/h1-2,5-7,10-13,16-17,28-31H,3-4H2,(H,34,35)(H2,20,23,33)(H3,21,24,25,32)/t6-,7-,10-,11-,12-,13-,16-,17-/m1/s1. The topological polar surface area (TPSA) is 306 Å². The molecule has 3 aromatic rings. The fraction of sp³-hybridized carbons (Fsp3) is 0.526. The van der Waals surface area contributed by atoms with Crippen LogP contribution >= 0.6 is 7.82 Å². The van der Waals surface area contributed by atoms with Crippen molar-refractivity contribution in [3.8, 4) is 0 Å². The predicted octanol–water partition coefficient (Wildman–Crippen LogP) is -4.09. The molecule has 21 heteroatoms. The van der Waals surface area contributed by atoms with Crippen LogP contribution in [0.5, 0.6) is 0 Å². The third-order valence-corrected chi connectivity index (χ3v) is 7.28. The zero-order valence-electron chi connectivity index (χ0n) is 20.2. The number of phosphoric acid groups is 1. The van der Waals surface area contributed by atoms with Crippen LogP contribution in [-0.4, -0.2) is 104 Å². The van der Waals surface area contributed by atoms with Crippen LogP contribution in [0.3, 0.4) is 0 Å². The molecule has 0 spiro atoms. The summed E-state index contributed by atoms with van der Waals surface area (Å²) in [4.78, 5) is 47.8. The lowest BCUT2D eigenvalue weighted by molar-refractivity contribution is -0.0626. The van der Waals surface area contributed by atoms with E-state index in [9.17, 15) is 39.5 Å². The number of aromatic amines is 1. The van der Waals surface area contributed by atoms with E-state index in [4.69, 9.17) is 30.0 Å². The van der Waals surface area contributed by atoms with Gasteiger partial charge in [0, 0.05) is 6.20 Å². The zero-order chi connectivity index (χ0) is 28.9. The van der Waals surface area contributed by atoms with Crippen LogP contribution in [0, 0.1) is 0 Å². The first-order chi connectivity index (χ1) is 18.9. The quantitative estimate of drug-likeness (QED) is 0.116. The van der Waals surface area contributed by atoms with Crippen LogP contribution in [0.25, 0.3) is 11.2 Å². The van der Waals surface area contributed by atoms with Crippen LogP contribution in [0.15, 0.2) is 28.2 Å². The maximum atomic E-state index is 12.5. The van der Waals surface area contributed by atoms with E-state index in [1.54, 1.807) is 0 Å². The monoisotopic (exact) mass is 588 g/mol. The Morgan fingerprint density at radius 2 is 1.52 bits per heavy atom. The average Bonchev–Trinajstić information content (AvgIpc) is 3.52. The Labute approximate surface area is 222 Å². The number of rotatable bonds is 8. The Bertz CT molecular complexity index is 1560. The highest BCUT2D eigenvalue weighted by Gasteiger charge is 2.47. The van der Waals surface area contributed by atoms with Gasteiger partial charge >= 0.3 is 13.5 Å². The van der Waals surface area contributed by atoms with Gasteiger partial charge in [-0.15, -0.1) is 0 Å². The molecule has 2 fully saturated rings. The highest BCUT2D eigenvalue weighted by molar-refractivity contribution is 7.47. The summed E-state index contributed by atoms with van der Waals surface area (Å²) in [6, 6.07) is 1.27. The summed E-state index contributed by atoms with van der Waals surface area (Å²) in [7, 11) is -4.87. The molecule has 2 aliphatic rings. The van der Waals surface area contributed by atoms with Gasteiger partial charge in [0.2, 0.25) is 5.95 Å². The van der Waals surface area contributed by atoms with E-state index >= 15 is 0 Å². The molecule has 5 heterocycles. The number of ether oxygens (including phenoxy) is 2. The summed E-state index contributed by atoms with van der Waals surface area (Å²) in [6.45, 7) is -1.49. The van der Waals surface area contributed by atoms with Gasteiger partial charge in [-0.1, -0.05) is 0 Å². The number of hydrogen-bond acceptors (Lipinski definition) is 16. The number of H-pyrrole nitrogens is 1. The maximum absolute atomic E-state index is 12.5. The summed E-state index contributed by atoms with van der Waals surface area (Å²) in [5, 5.41) is 41.5. The third-order valence-electron chi connectivity index (χ3n) is 6.33. The molecule has 0 radical (unpaired) electrons. The summed E-state index contributed by atoms with van der Waals surface area (Å²) in [5.41, 5.74) is 9.35. The number of aromatic nitrogens is 6. The lowest BCUT2D eigenvalue weighted by Crippen LogP contribution is -2.36. The number of nitrogens with zero attached hydrogens (tertiary/aromatic N) is 5. The zero-order valence-corrected chi connectivity index (χ0v) is 21.1. The fourth-order valence-corrected chi connectivity index (χ4v) is 5.06. The number of imidazole rings is 1. The van der Waals surface area contributed by atoms with Gasteiger partial charge in [-0.25, -0.2) is 14.3 Å². The van der Waals surface area contributed by atoms with Crippen molar-refractivity contribution in [2.24, 2.45) is 0 Å². The number of anilines is 2. The lowest BCUT2D eigenvalue weighted by atomic mass is 10.1. The minimum atomic E-state index is -4.87. The maximum Gasteiger partial charge on any atom is 0.472 e. The normalized spacial score (nSPS) is 32.0. The Balaban J connectivity index is 1.20. The van der Waals surface area contributed by atoms with Crippen molar-refractivity contribution in [3.63, 3.8) is 0 Å². The molecule has 1 unspecified atom stereocenters. The molecule has 0 aliphatic carbocycles. The predicted molar refractivity (Wildman–Crippen MR) is 129 cm³/mol. The van der Waals surface area contributed by atoms with Gasteiger partial charge in [-0.3, -0.25) is 28.0 Å². The smallest absolute Gasteiger partial charge is 0.387 e. The summed E-state index contributed by atoms with van der Waals surface area (Å²) in [6.07, 6.45) is -9.49. The second kappa shape index (κ2) is 10.6. The number of phosphoric ester groups is 1. The van der Waals surface area contributed by atoms with Gasteiger partial charge in [0.05, 0.1) is 19.5 Å². The minimum Gasteiger partial charge on any atom is -0.387 e. The number of hydrogen-bond donors (Lipinski definition) is 8. The number of aliphatic hydroxyl groups excluding tert-OH is 4. The molecule has 0 aromatic carbocycles. The third kappa shape index (κ3) is 5.24. The number of fused-ring (bicyclic) bond motifs is 1. The van der Waals surface area contributed by atoms with Crippen LogP contribution < -0.4 is 22.7 Å². The van der Waals surface area contributed by atoms with E-state index in [1.807, 2.05) is 0 Å². The molecule has 0 amide bonds. The van der Waals surface area contributed by atoms with Gasteiger partial charge < -0.3 is 46.3 Å². The number of nitrogen functional groups attached to an aromatic ring is 2. The highest BCUT2D eigenvalue weighted by Crippen LogP contribution is 2.45. The van der Waals surface area contributed by atoms with E-state index in [0.717, 1.165) is 15.5 Å². The van der Waals surface area contributed by atoms with E-state index in [0.29, 0.717) is 0 Å². The SMILES string of the molecule is Nc1ccn([C@@H]2O[C@H](COP(=O)(O)OC[C@H]3O[C@@H](n4cnc5c(=O)[nH]c(N)nc54)[C@H](O)[C@@H]3O)[C@@H](O)[C@H]2O)c(=O)n1. The first kappa shape index (κ1) is 28.2. The second-order valence-corrected chi connectivity index (χ2v) is 10.4. The minimum absolute atomic E-state index is 0.0390. The Hall–Kier alpha value is -3.30. The highest BCUT2D eigenvalue weighted by atomic mass is 31.2. The first-order valence-electron chi connectivity index (χ1n) is 11.6. The van der Waals surface area contributed by atoms with Crippen molar-refractivity contribution in [2.75, 3.05) is 24.7 Å². The largest absolute Gasteiger partial charge is 0.472 e. The van der Waals surface area contributed by atoms with Crippen molar-refractivity contribution in [2.45, 2.75) is 49.1 Å². The van der Waals surface area contributed by atoms with Gasteiger partial charge in [0.15, 0.2) is 23.6 Å². The number of nitrogens with one attached hydrogen (secondary N) is 1. The van der Waals surface area contributed by atoms with Crippen molar-refractivity contribution < 1.29 is 48.4 Å². The molecule has 40 heavy (non-hydrogen) atoms. The molecule has 10 N–H and O–H groups in total. The molecule has 0 saturated carbocycles. The molecule has 0 bridgehead atoms. The van der Waals surface area contributed by atoms with Crippen LogP contribution in [0.4, 0.5) is 11.8 Å². The van der Waals surface area contributed by atoms with Gasteiger partial charge in [-0.05, 0) is 6.07 Å². The second-order valence-electron chi connectivity index (χ2n) is 8.97. The molecular weight excluding hydrogens is 563 g/mol. The van der Waals surface area contributed by atoms with E-state index in [-0.39, 0.29) is 22.9 Å². The van der Waals surface area contributed by atoms with Crippen molar-refractivity contribution >= 4 is 30.8 Å². The molecule has 9 atom stereocenters. The molecule has 2 saturated heterocycles. The summed E-state index contributed by atoms with van der Waals surface area (Å²) >= 11 is 0. The Morgan fingerprint density at radius 1 is 0.950 bits per heavy atom. The van der Waals surface area contributed by atoms with Crippen molar-refractivity contribution in [1.82, 2.24) is 29.1 Å². The van der Waals surface area contributed by atoms with Crippen molar-refractivity contribution in [1.29, 1.82) is 0 Å². The molecule has 5 rings (SSSR count). The fourth-order valence-electron chi connectivity index (χ4n) is 4.31. The van der Waals surface area contributed by atoms with Crippen LogP contribution in [-0.2, 0) is 23.1 Å². The summed E-state index contributed by atoms with van der Waals surface area (Å²) in [5.74, 6) is -0.296. The average molecular weight is 588 g/mol. The van der Waals surface area contributed by atoms with Crippen LogP contribution in [0.2, 0.25) is 0 Å². The molecule has 218 valence electrons. The van der Waals surface area contributed by atoms with Crippen LogP contribution in [0.1, 0.15) is 12.5 Å². The van der Waals surface area contributed by atoms with Gasteiger partial charge in [0.1, 0.15) is 42.4 Å². The molecule has 2 aliphatic heterocycles. The van der Waals surface area contributed by atoms with E-state index < -0.39 is 81.4 Å². The summed E-state index contributed by atoms with van der Waals surface area (Å²) < 4.78 is 35.3. The first-order valence-corrected chi connectivity index (χ1v) is 13.1. The Morgan fingerprint density at radius 3 is 2.10 bits per heavy atom. The molecule has 20 nitrogen and oxygen atoms in total. The van der Waals surface area contributed by atoms with E-state index in [2.05, 4.69) is 19.9 Å². The molecule has 3 aromatic heterocycles. The van der Waals surface area contributed by atoms with Gasteiger partial charge in [0.25, 0.3) is 5.56 Å².